The van der Waals surface area contributed by atoms with Crippen molar-refractivity contribution in [1.82, 2.24) is 19.4 Å². The molecular weight excluding hydrogens is 472 g/mol. The zero-order valence-electron chi connectivity index (χ0n) is 20.5. The number of carbonyl (C=O) groups is 1. The number of imidazole rings is 1. The van der Waals surface area contributed by atoms with Crippen molar-refractivity contribution in [2.45, 2.75) is 58.2 Å². The molecular formula is C29H31ClN4O2. The van der Waals surface area contributed by atoms with Crippen LogP contribution in [-0.4, -0.2) is 26.1 Å². The van der Waals surface area contributed by atoms with E-state index in [-0.39, 0.29) is 17.6 Å². The van der Waals surface area contributed by atoms with Crippen molar-refractivity contribution in [2.75, 3.05) is 0 Å². The Morgan fingerprint density at radius 3 is 2.39 bits per heavy atom. The summed E-state index contributed by atoms with van der Waals surface area (Å²) >= 11 is 6.03. The Kier molecular flexibility index (Phi) is 7.23. The fourth-order valence-electron chi connectivity index (χ4n) is 5.30. The third kappa shape index (κ3) is 5.24. The topological polar surface area (TPSA) is 68.9 Å². The van der Waals surface area contributed by atoms with E-state index in [9.17, 15) is 9.59 Å². The van der Waals surface area contributed by atoms with Gasteiger partial charge >= 0.3 is 5.69 Å². The number of pyridine rings is 1. The second-order valence-electron chi connectivity index (χ2n) is 9.75. The molecule has 0 radical (unpaired) electrons. The SMILES string of the molecule is Cc1ncc(Cl)cc1C(=O)NC1CCC(Cn2c(=O)n(CCc3ccccc3)c3ccccc32)CC1. The number of nitrogens with one attached hydrogen (secondary N) is 1. The lowest BCUT2D eigenvalue weighted by Crippen LogP contribution is -2.39. The van der Waals surface area contributed by atoms with Crippen molar-refractivity contribution >= 4 is 28.5 Å². The first-order valence-corrected chi connectivity index (χ1v) is 13.0. The molecule has 0 spiro atoms. The molecule has 186 valence electrons. The smallest absolute Gasteiger partial charge is 0.329 e. The van der Waals surface area contributed by atoms with Gasteiger partial charge in [-0.05, 0) is 68.7 Å². The highest BCUT2D eigenvalue weighted by Crippen LogP contribution is 2.27. The van der Waals surface area contributed by atoms with Gasteiger partial charge in [-0.15, -0.1) is 0 Å². The molecule has 7 heteroatoms. The first-order valence-electron chi connectivity index (χ1n) is 12.6. The number of nitrogens with zero attached hydrogens (tertiary/aromatic N) is 3. The lowest BCUT2D eigenvalue weighted by molar-refractivity contribution is 0.0919. The molecule has 0 saturated heterocycles. The Balaban J connectivity index is 1.25. The highest BCUT2D eigenvalue weighted by atomic mass is 35.5. The lowest BCUT2D eigenvalue weighted by Gasteiger charge is -2.29. The van der Waals surface area contributed by atoms with E-state index >= 15 is 0 Å². The van der Waals surface area contributed by atoms with Gasteiger partial charge in [0.1, 0.15) is 0 Å². The van der Waals surface area contributed by atoms with Crippen LogP contribution in [0.5, 0.6) is 0 Å². The van der Waals surface area contributed by atoms with E-state index in [4.69, 9.17) is 11.6 Å². The molecule has 1 aliphatic rings. The molecule has 2 aromatic carbocycles. The van der Waals surface area contributed by atoms with Crippen molar-refractivity contribution in [3.8, 4) is 0 Å². The quantitative estimate of drug-likeness (QED) is 0.368. The largest absolute Gasteiger partial charge is 0.349 e. The van der Waals surface area contributed by atoms with Gasteiger partial charge < -0.3 is 5.32 Å². The van der Waals surface area contributed by atoms with Crippen LogP contribution in [0.25, 0.3) is 11.0 Å². The van der Waals surface area contributed by atoms with E-state index in [2.05, 4.69) is 22.4 Å². The molecule has 2 aromatic heterocycles. The molecule has 1 aliphatic carbocycles. The maximum atomic E-state index is 13.5. The zero-order chi connectivity index (χ0) is 25.1. The second-order valence-corrected chi connectivity index (χ2v) is 10.2. The van der Waals surface area contributed by atoms with Gasteiger partial charge in [0.25, 0.3) is 5.91 Å². The second kappa shape index (κ2) is 10.7. The predicted molar refractivity (Wildman–Crippen MR) is 144 cm³/mol. The molecule has 5 rings (SSSR count). The minimum Gasteiger partial charge on any atom is -0.349 e. The van der Waals surface area contributed by atoms with Gasteiger partial charge in [0.2, 0.25) is 0 Å². The van der Waals surface area contributed by atoms with Gasteiger partial charge in [-0.2, -0.15) is 0 Å². The summed E-state index contributed by atoms with van der Waals surface area (Å²) < 4.78 is 3.86. The molecule has 0 unspecified atom stereocenters. The number of hydrogen-bond donors (Lipinski definition) is 1. The number of amides is 1. The van der Waals surface area contributed by atoms with Crippen molar-refractivity contribution in [2.24, 2.45) is 5.92 Å². The number of hydrogen-bond acceptors (Lipinski definition) is 3. The molecule has 36 heavy (non-hydrogen) atoms. The average molecular weight is 503 g/mol. The first kappa shape index (κ1) is 24.3. The first-order chi connectivity index (χ1) is 17.5. The summed E-state index contributed by atoms with van der Waals surface area (Å²) in [7, 11) is 0. The van der Waals surface area contributed by atoms with Crippen molar-refractivity contribution < 1.29 is 4.79 Å². The van der Waals surface area contributed by atoms with E-state index < -0.39 is 0 Å². The van der Waals surface area contributed by atoms with Crippen LogP contribution in [0.1, 0.15) is 47.3 Å². The summed E-state index contributed by atoms with van der Waals surface area (Å²) in [5.41, 5.74) is 4.48. The van der Waals surface area contributed by atoms with E-state index in [1.807, 2.05) is 58.5 Å². The Hall–Kier alpha value is -3.38. The number of aromatic nitrogens is 3. The van der Waals surface area contributed by atoms with E-state index in [0.717, 1.165) is 43.1 Å². The van der Waals surface area contributed by atoms with Crippen molar-refractivity contribution in [1.29, 1.82) is 0 Å². The lowest BCUT2D eigenvalue weighted by atomic mass is 9.85. The minimum atomic E-state index is -0.122. The molecule has 2 heterocycles. The molecule has 1 amide bonds. The number of benzene rings is 2. The molecule has 1 saturated carbocycles. The third-order valence-electron chi connectivity index (χ3n) is 7.31. The standard InChI is InChI=1S/C29H31ClN4O2/c1-20-25(17-23(30)18-31-20)28(35)32-24-13-11-22(12-14-24)19-34-27-10-6-5-9-26(27)33(29(34)36)16-15-21-7-3-2-4-8-21/h2-10,17-18,22,24H,11-16,19H2,1H3,(H,32,35). The van der Waals surface area contributed by atoms with Gasteiger partial charge in [0.15, 0.2) is 0 Å². The number of rotatable bonds is 7. The van der Waals surface area contributed by atoms with E-state index in [1.54, 1.807) is 12.3 Å². The number of halogens is 1. The number of carbonyl (C=O) groups excluding carboxylic acids is 1. The molecule has 1 N–H and O–H groups in total. The van der Waals surface area contributed by atoms with E-state index in [0.29, 0.717) is 35.3 Å². The molecule has 1 fully saturated rings. The average Bonchev–Trinajstić information content (AvgIpc) is 3.16. The van der Waals surface area contributed by atoms with Crippen LogP contribution < -0.4 is 11.0 Å². The summed E-state index contributed by atoms with van der Waals surface area (Å²) in [5, 5.41) is 3.62. The Morgan fingerprint density at radius 1 is 1.00 bits per heavy atom. The molecule has 0 atom stereocenters. The summed E-state index contributed by atoms with van der Waals surface area (Å²) in [4.78, 5) is 30.4. The van der Waals surface area contributed by atoms with Crippen LogP contribution in [0.2, 0.25) is 5.02 Å². The van der Waals surface area contributed by atoms with Crippen LogP contribution in [0, 0.1) is 12.8 Å². The monoisotopic (exact) mass is 502 g/mol. The summed E-state index contributed by atoms with van der Waals surface area (Å²) in [6.45, 7) is 3.18. The summed E-state index contributed by atoms with van der Waals surface area (Å²) in [6, 6.07) is 20.2. The zero-order valence-corrected chi connectivity index (χ0v) is 21.2. The van der Waals surface area contributed by atoms with Crippen molar-refractivity contribution in [3.63, 3.8) is 0 Å². The van der Waals surface area contributed by atoms with Gasteiger partial charge in [-0.25, -0.2) is 4.79 Å². The van der Waals surface area contributed by atoms with Gasteiger partial charge in [-0.1, -0.05) is 54.1 Å². The van der Waals surface area contributed by atoms with Gasteiger partial charge in [-0.3, -0.25) is 18.9 Å². The molecule has 0 aliphatic heterocycles. The fraction of sp³-hybridized carbons (Fsp3) is 0.345. The van der Waals surface area contributed by atoms with E-state index in [1.165, 1.54) is 5.56 Å². The van der Waals surface area contributed by atoms with Gasteiger partial charge in [0.05, 0.1) is 27.3 Å². The van der Waals surface area contributed by atoms with Crippen molar-refractivity contribution in [3.05, 3.63) is 99.2 Å². The van der Waals surface area contributed by atoms with Crippen LogP contribution in [0.4, 0.5) is 0 Å². The summed E-state index contributed by atoms with van der Waals surface area (Å²) in [6.07, 6.45) is 6.09. The molecule has 0 bridgehead atoms. The maximum absolute atomic E-state index is 13.5. The Bertz CT molecular complexity index is 1420. The highest BCUT2D eigenvalue weighted by Gasteiger charge is 2.25. The number of aryl methyl sites for hydroxylation is 3. The normalized spacial score (nSPS) is 17.8. The fourth-order valence-corrected chi connectivity index (χ4v) is 5.46. The van der Waals surface area contributed by atoms with Gasteiger partial charge in [0, 0.05) is 25.3 Å². The van der Waals surface area contributed by atoms with Crippen LogP contribution in [-0.2, 0) is 19.5 Å². The Morgan fingerprint density at radius 2 is 1.67 bits per heavy atom. The maximum Gasteiger partial charge on any atom is 0.329 e. The number of para-hydroxylation sites is 2. The van der Waals surface area contributed by atoms with Crippen LogP contribution in [0.3, 0.4) is 0 Å². The van der Waals surface area contributed by atoms with Crippen LogP contribution >= 0.6 is 11.6 Å². The molecule has 4 aromatic rings. The predicted octanol–water partition coefficient (Wildman–Crippen LogP) is 5.39. The minimum absolute atomic E-state index is 0.0616. The number of fused-ring (bicyclic) bond motifs is 1. The Labute approximate surface area is 215 Å². The highest BCUT2D eigenvalue weighted by molar-refractivity contribution is 6.30. The van der Waals surface area contributed by atoms with Crippen LogP contribution in [0.15, 0.2) is 71.7 Å². The third-order valence-corrected chi connectivity index (χ3v) is 7.52. The summed E-state index contributed by atoms with van der Waals surface area (Å²) in [5.74, 6) is 0.280. The molecule has 6 nitrogen and oxygen atoms in total.